The second-order valence-electron chi connectivity index (χ2n) is 7.94. The quantitative estimate of drug-likeness (QED) is 0.197. The Kier molecular flexibility index (Phi) is 12.3. The summed E-state index contributed by atoms with van der Waals surface area (Å²) >= 11 is 0. The lowest BCUT2D eigenvalue weighted by atomic mass is 10.1. The molecule has 1 atom stereocenters. The summed E-state index contributed by atoms with van der Waals surface area (Å²) in [5.41, 5.74) is 1.12. The number of rotatable bonds is 10. The fourth-order valence-electron chi connectivity index (χ4n) is 3.95. The Morgan fingerprint density at radius 3 is 2.50 bits per heavy atom. The van der Waals surface area contributed by atoms with E-state index in [4.69, 9.17) is 23.9 Å². The van der Waals surface area contributed by atoms with Crippen molar-refractivity contribution in [3.8, 4) is 11.5 Å². The van der Waals surface area contributed by atoms with Crippen LogP contribution in [0.2, 0.25) is 0 Å². The molecule has 2 heterocycles. The number of aliphatic imine (C=N–C) groups is 1. The third kappa shape index (κ3) is 8.47. The van der Waals surface area contributed by atoms with Gasteiger partial charge < -0.3 is 34.5 Å². The number of benzene rings is 1. The SMILES string of the molecule is CCNC(=NCCCOC1CCOCC1)NC1CCN(c2cc(OC)cc(OC)c2)C1.I. The highest BCUT2D eigenvalue weighted by atomic mass is 127. The molecule has 3 rings (SSSR count). The Balaban J connectivity index is 0.00000363. The van der Waals surface area contributed by atoms with Crippen molar-refractivity contribution in [2.75, 3.05) is 65.1 Å². The van der Waals surface area contributed by atoms with Crippen LogP contribution in [0.5, 0.6) is 11.5 Å². The number of guanidine groups is 1. The van der Waals surface area contributed by atoms with E-state index in [1.54, 1.807) is 14.2 Å². The average Bonchev–Trinajstić information content (AvgIpc) is 3.27. The zero-order valence-corrected chi connectivity index (χ0v) is 21.9. The van der Waals surface area contributed by atoms with Gasteiger partial charge in [-0.25, -0.2) is 0 Å². The van der Waals surface area contributed by atoms with Crippen molar-refractivity contribution in [1.82, 2.24) is 10.6 Å². The van der Waals surface area contributed by atoms with Crippen LogP contribution in [0.4, 0.5) is 5.69 Å². The van der Waals surface area contributed by atoms with Crippen LogP contribution >= 0.6 is 24.0 Å². The van der Waals surface area contributed by atoms with Crippen LogP contribution in [0.25, 0.3) is 0 Å². The lowest BCUT2D eigenvalue weighted by Crippen LogP contribution is -2.44. The molecule has 0 saturated carbocycles. The van der Waals surface area contributed by atoms with Crippen molar-refractivity contribution >= 4 is 35.6 Å². The van der Waals surface area contributed by atoms with Gasteiger partial charge in [0, 0.05) is 75.9 Å². The van der Waals surface area contributed by atoms with Gasteiger partial charge in [-0.3, -0.25) is 4.99 Å². The minimum absolute atomic E-state index is 0. The molecule has 0 amide bonds. The highest BCUT2D eigenvalue weighted by Crippen LogP contribution is 2.30. The van der Waals surface area contributed by atoms with Gasteiger partial charge in [0.15, 0.2) is 5.96 Å². The van der Waals surface area contributed by atoms with Crippen LogP contribution < -0.4 is 25.0 Å². The molecule has 0 spiro atoms. The van der Waals surface area contributed by atoms with Gasteiger partial charge in [-0.2, -0.15) is 0 Å². The first kappa shape index (κ1) is 26.8. The van der Waals surface area contributed by atoms with E-state index >= 15 is 0 Å². The Morgan fingerprint density at radius 2 is 1.84 bits per heavy atom. The molecular formula is C23H39IN4O4. The van der Waals surface area contributed by atoms with Crippen molar-refractivity contribution in [1.29, 1.82) is 0 Å². The molecule has 2 aliphatic heterocycles. The zero-order valence-electron chi connectivity index (χ0n) is 19.6. The first-order valence-corrected chi connectivity index (χ1v) is 11.4. The number of ether oxygens (including phenoxy) is 4. The van der Waals surface area contributed by atoms with Crippen LogP contribution in [0, 0.1) is 0 Å². The number of hydrogen-bond donors (Lipinski definition) is 2. The molecule has 1 aromatic carbocycles. The van der Waals surface area contributed by atoms with Crippen LogP contribution in [0.15, 0.2) is 23.2 Å². The van der Waals surface area contributed by atoms with Gasteiger partial charge in [-0.15, -0.1) is 24.0 Å². The van der Waals surface area contributed by atoms with Crippen molar-refractivity contribution < 1.29 is 18.9 Å². The molecular weight excluding hydrogens is 523 g/mol. The van der Waals surface area contributed by atoms with E-state index in [1.807, 2.05) is 6.07 Å². The Morgan fingerprint density at radius 1 is 1.12 bits per heavy atom. The molecule has 182 valence electrons. The molecule has 1 unspecified atom stereocenters. The molecule has 1 aromatic rings. The van der Waals surface area contributed by atoms with Gasteiger partial charge in [0.2, 0.25) is 0 Å². The molecule has 0 bridgehead atoms. The topological polar surface area (TPSA) is 76.6 Å². The molecule has 2 N–H and O–H groups in total. The van der Waals surface area contributed by atoms with E-state index in [2.05, 4.69) is 34.6 Å². The molecule has 32 heavy (non-hydrogen) atoms. The van der Waals surface area contributed by atoms with Crippen LogP contribution in [-0.4, -0.2) is 78.3 Å². The summed E-state index contributed by atoms with van der Waals surface area (Å²) in [5, 5.41) is 6.96. The van der Waals surface area contributed by atoms with Crippen LogP contribution in [-0.2, 0) is 9.47 Å². The number of anilines is 1. The highest BCUT2D eigenvalue weighted by molar-refractivity contribution is 14.0. The number of methoxy groups -OCH3 is 2. The number of nitrogens with zero attached hydrogens (tertiary/aromatic N) is 2. The first-order valence-electron chi connectivity index (χ1n) is 11.4. The van der Waals surface area contributed by atoms with E-state index in [-0.39, 0.29) is 24.0 Å². The molecule has 2 saturated heterocycles. The molecule has 0 aliphatic carbocycles. The average molecular weight is 562 g/mol. The summed E-state index contributed by atoms with van der Waals surface area (Å²) < 4.78 is 22.1. The number of halogens is 1. The van der Waals surface area contributed by atoms with Gasteiger partial charge in [-0.1, -0.05) is 0 Å². The highest BCUT2D eigenvalue weighted by Gasteiger charge is 2.24. The summed E-state index contributed by atoms with van der Waals surface area (Å²) in [5.74, 6) is 2.50. The summed E-state index contributed by atoms with van der Waals surface area (Å²) in [6.45, 7) is 7.96. The van der Waals surface area contributed by atoms with Gasteiger partial charge in [0.05, 0.1) is 20.3 Å². The Hall–Kier alpha value is -1.46. The zero-order chi connectivity index (χ0) is 21.9. The molecule has 2 aliphatic rings. The monoisotopic (exact) mass is 562 g/mol. The molecule has 8 nitrogen and oxygen atoms in total. The molecule has 0 aromatic heterocycles. The Labute approximate surface area is 209 Å². The lowest BCUT2D eigenvalue weighted by molar-refractivity contribution is -0.0318. The van der Waals surface area contributed by atoms with E-state index in [9.17, 15) is 0 Å². The first-order chi connectivity index (χ1) is 15.2. The van der Waals surface area contributed by atoms with E-state index in [1.165, 1.54) is 0 Å². The second-order valence-corrected chi connectivity index (χ2v) is 7.94. The minimum atomic E-state index is 0. The third-order valence-electron chi connectivity index (χ3n) is 5.67. The molecule has 2 fully saturated rings. The second kappa shape index (κ2) is 14.6. The van der Waals surface area contributed by atoms with E-state index < -0.39 is 0 Å². The van der Waals surface area contributed by atoms with E-state index in [0.717, 1.165) is 94.8 Å². The lowest BCUT2D eigenvalue weighted by Gasteiger charge is -2.22. The van der Waals surface area contributed by atoms with Gasteiger partial charge >= 0.3 is 0 Å². The van der Waals surface area contributed by atoms with Gasteiger partial charge in [-0.05, 0) is 32.6 Å². The summed E-state index contributed by atoms with van der Waals surface area (Å²) in [4.78, 5) is 7.10. The molecule has 0 radical (unpaired) electrons. The minimum Gasteiger partial charge on any atom is -0.497 e. The standard InChI is InChI=1S/C23H38N4O4.HI/c1-4-24-23(25-9-5-11-31-20-7-12-30-13-8-20)26-18-6-10-27(17-18)19-14-21(28-2)16-22(15-19)29-3;/h14-16,18,20H,4-13,17H2,1-3H3,(H2,24,25,26);1H. The van der Waals surface area contributed by atoms with E-state index in [0.29, 0.717) is 12.1 Å². The van der Waals surface area contributed by atoms with Crippen LogP contribution in [0.1, 0.15) is 32.6 Å². The summed E-state index contributed by atoms with van der Waals surface area (Å²) in [6.07, 6.45) is 4.34. The van der Waals surface area contributed by atoms with Gasteiger partial charge in [0.1, 0.15) is 11.5 Å². The maximum Gasteiger partial charge on any atom is 0.191 e. The number of hydrogen-bond acceptors (Lipinski definition) is 6. The third-order valence-corrected chi connectivity index (χ3v) is 5.67. The fourth-order valence-corrected chi connectivity index (χ4v) is 3.95. The normalized spacial score (nSPS) is 19.4. The summed E-state index contributed by atoms with van der Waals surface area (Å²) in [6, 6.07) is 6.36. The smallest absolute Gasteiger partial charge is 0.191 e. The largest absolute Gasteiger partial charge is 0.497 e. The van der Waals surface area contributed by atoms with Crippen molar-refractivity contribution in [3.05, 3.63) is 18.2 Å². The summed E-state index contributed by atoms with van der Waals surface area (Å²) in [7, 11) is 3.36. The fraction of sp³-hybridized carbons (Fsp3) is 0.696. The van der Waals surface area contributed by atoms with Gasteiger partial charge in [0.25, 0.3) is 0 Å². The predicted molar refractivity (Wildman–Crippen MR) is 139 cm³/mol. The maximum absolute atomic E-state index is 5.94. The molecule has 9 heteroatoms. The van der Waals surface area contributed by atoms with Crippen molar-refractivity contribution in [2.24, 2.45) is 4.99 Å². The Bertz CT molecular complexity index is 678. The van der Waals surface area contributed by atoms with Crippen LogP contribution in [0.3, 0.4) is 0 Å². The van der Waals surface area contributed by atoms with Crippen molar-refractivity contribution in [2.45, 2.75) is 44.8 Å². The predicted octanol–water partition coefficient (Wildman–Crippen LogP) is 3.04. The maximum atomic E-state index is 5.94. The number of nitrogens with one attached hydrogen (secondary N) is 2. The van der Waals surface area contributed by atoms with Crippen molar-refractivity contribution in [3.63, 3.8) is 0 Å².